The molecule has 0 saturated carbocycles. The van der Waals surface area contributed by atoms with E-state index in [0.29, 0.717) is 22.4 Å². The Hall–Kier alpha value is 0.200. The van der Waals surface area contributed by atoms with E-state index in [1.165, 1.54) is 0 Å². The Balaban J connectivity index is 4.41. The van der Waals surface area contributed by atoms with Gasteiger partial charge in [0.15, 0.2) is 0 Å². The van der Waals surface area contributed by atoms with E-state index in [0.717, 1.165) is 6.42 Å². The highest BCUT2D eigenvalue weighted by Crippen LogP contribution is 2.15. The topological polar surface area (TPSA) is 20.3 Å². The lowest BCUT2D eigenvalue weighted by molar-refractivity contribution is -0.132. The molecule has 0 radical (unpaired) electrons. The molecule has 1 unspecified atom stereocenters. The monoisotopic (exact) mass is 311 g/mol. The second-order valence-corrected chi connectivity index (χ2v) is 5.27. The van der Waals surface area contributed by atoms with E-state index in [9.17, 15) is 4.79 Å². The van der Waals surface area contributed by atoms with Gasteiger partial charge in [0.25, 0.3) is 0 Å². The average Bonchev–Trinajstić information content (AvgIpc) is 2.01. The molecule has 0 aliphatic carbocycles. The Morgan fingerprint density at radius 1 is 1.21 bits per heavy atom. The van der Waals surface area contributed by atoms with Gasteiger partial charge in [0.1, 0.15) is 0 Å². The molecule has 14 heavy (non-hydrogen) atoms. The Morgan fingerprint density at radius 3 is 2.00 bits per heavy atom. The molecule has 1 atom stereocenters. The summed E-state index contributed by atoms with van der Waals surface area (Å²) in [5, 5.41) is 0. The number of carbonyl (C=O) groups is 1. The molecule has 0 aromatic rings. The highest BCUT2D eigenvalue weighted by Gasteiger charge is 2.22. The van der Waals surface area contributed by atoms with Gasteiger partial charge >= 0.3 is 0 Å². The predicted molar refractivity (Wildman–Crippen MR) is 69.8 cm³/mol. The number of hydrogen-bond donors (Lipinski definition) is 0. The number of amides is 1. The fraction of sp³-hybridized carbons (Fsp3) is 0.909. The van der Waals surface area contributed by atoms with Gasteiger partial charge in [-0.3, -0.25) is 4.79 Å². The minimum absolute atomic E-state index is 0.258. The van der Waals surface area contributed by atoms with Crippen molar-refractivity contribution in [1.29, 1.82) is 0 Å². The second-order valence-electron chi connectivity index (χ2n) is 4.51. The van der Waals surface area contributed by atoms with Gasteiger partial charge < -0.3 is 4.90 Å². The summed E-state index contributed by atoms with van der Waals surface area (Å²) in [4.78, 5) is 13.7. The van der Waals surface area contributed by atoms with Crippen molar-refractivity contribution in [3.8, 4) is 0 Å². The van der Waals surface area contributed by atoms with Crippen LogP contribution in [-0.4, -0.2) is 27.3 Å². The van der Waals surface area contributed by atoms with E-state index in [2.05, 4.69) is 57.2 Å². The highest BCUT2D eigenvalue weighted by atomic mass is 127. The van der Waals surface area contributed by atoms with Crippen LogP contribution in [0.25, 0.3) is 0 Å². The zero-order valence-corrected chi connectivity index (χ0v) is 12.0. The molecule has 0 spiro atoms. The van der Waals surface area contributed by atoms with Crippen LogP contribution in [-0.2, 0) is 4.79 Å². The minimum atomic E-state index is 0.258. The van der Waals surface area contributed by atoms with Crippen LogP contribution in [0, 0.1) is 5.92 Å². The highest BCUT2D eigenvalue weighted by molar-refractivity contribution is 14.1. The molecule has 2 nitrogen and oxygen atoms in total. The van der Waals surface area contributed by atoms with Crippen LogP contribution in [0.5, 0.6) is 0 Å². The van der Waals surface area contributed by atoms with Crippen molar-refractivity contribution in [2.45, 2.75) is 53.1 Å². The number of nitrogens with zero attached hydrogens (tertiary/aromatic N) is 1. The number of halogens is 1. The Labute approximate surface area is 102 Å². The molecule has 0 bridgehead atoms. The molecule has 0 aromatic heterocycles. The summed E-state index contributed by atoms with van der Waals surface area (Å²) in [7, 11) is 0. The summed E-state index contributed by atoms with van der Waals surface area (Å²) < 4.78 is 0.582. The van der Waals surface area contributed by atoms with Gasteiger partial charge in [-0.25, -0.2) is 0 Å². The second kappa shape index (κ2) is 6.64. The molecule has 0 aromatic carbocycles. The molecule has 84 valence electrons. The number of alkyl halides is 1. The fourth-order valence-corrected chi connectivity index (χ4v) is 2.30. The molecule has 0 heterocycles. The minimum Gasteiger partial charge on any atom is -0.337 e. The maximum Gasteiger partial charge on any atom is 0.232 e. The maximum absolute atomic E-state index is 11.7. The van der Waals surface area contributed by atoms with Gasteiger partial charge in [0, 0.05) is 12.1 Å². The molecular formula is C11H22INO. The Kier molecular flexibility index (Phi) is 6.74. The van der Waals surface area contributed by atoms with Crippen LogP contribution in [0.1, 0.15) is 41.0 Å². The number of rotatable bonds is 5. The normalized spacial score (nSPS) is 13.4. The van der Waals surface area contributed by atoms with E-state index in [1.54, 1.807) is 0 Å². The SMILES string of the molecule is CC(C)CC(C)N(C(=O)CI)C(C)C. The van der Waals surface area contributed by atoms with Crippen molar-refractivity contribution in [3.63, 3.8) is 0 Å². The van der Waals surface area contributed by atoms with Crippen molar-refractivity contribution in [3.05, 3.63) is 0 Å². The van der Waals surface area contributed by atoms with Crippen molar-refractivity contribution in [2.24, 2.45) is 5.92 Å². The number of carbonyl (C=O) groups excluding carboxylic acids is 1. The van der Waals surface area contributed by atoms with Crippen molar-refractivity contribution >= 4 is 28.5 Å². The van der Waals surface area contributed by atoms with Gasteiger partial charge in [-0.15, -0.1) is 0 Å². The van der Waals surface area contributed by atoms with Crippen LogP contribution in [0.15, 0.2) is 0 Å². The lowest BCUT2D eigenvalue weighted by Gasteiger charge is -2.33. The smallest absolute Gasteiger partial charge is 0.232 e. The lowest BCUT2D eigenvalue weighted by atomic mass is 10.0. The quantitative estimate of drug-likeness (QED) is 0.564. The van der Waals surface area contributed by atoms with Gasteiger partial charge in [-0.05, 0) is 33.1 Å². The third-order valence-electron chi connectivity index (χ3n) is 2.25. The Bertz CT molecular complexity index is 180. The molecule has 3 heteroatoms. The van der Waals surface area contributed by atoms with Crippen LogP contribution < -0.4 is 0 Å². The first-order valence-corrected chi connectivity index (χ1v) is 6.79. The summed E-state index contributed by atoms with van der Waals surface area (Å²) in [6, 6.07) is 0.670. The van der Waals surface area contributed by atoms with Crippen LogP contribution in [0.3, 0.4) is 0 Å². The van der Waals surface area contributed by atoms with Crippen LogP contribution >= 0.6 is 22.6 Å². The van der Waals surface area contributed by atoms with E-state index in [-0.39, 0.29) is 5.91 Å². The first kappa shape index (κ1) is 14.2. The first-order chi connectivity index (χ1) is 6.40. The summed E-state index contributed by atoms with van der Waals surface area (Å²) in [5.41, 5.74) is 0. The fourth-order valence-electron chi connectivity index (χ4n) is 1.91. The Morgan fingerprint density at radius 2 is 1.71 bits per heavy atom. The zero-order valence-electron chi connectivity index (χ0n) is 9.88. The van der Waals surface area contributed by atoms with Crippen LogP contribution in [0.2, 0.25) is 0 Å². The summed E-state index contributed by atoms with van der Waals surface area (Å²) in [6.45, 7) is 10.7. The van der Waals surface area contributed by atoms with Gasteiger partial charge in [0.05, 0.1) is 4.43 Å². The van der Waals surface area contributed by atoms with Gasteiger partial charge in [-0.2, -0.15) is 0 Å². The maximum atomic E-state index is 11.7. The van der Waals surface area contributed by atoms with E-state index in [1.807, 2.05) is 4.90 Å². The zero-order chi connectivity index (χ0) is 11.3. The van der Waals surface area contributed by atoms with Crippen molar-refractivity contribution in [2.75, 3.05) is 4.43 Å². The number of hydrogen-bond acceptors (Lipinski definition) is 1. The van der Waals surface area contributed by atoms with Crippen LogP contribution in [0.4, 0.5) is 0 Å². The molecule has 0 N–H and O–H groups in total. The molecule has 0 aliphatic rings. The van der Waals surface area contributed by atoms with Crippen molar-refractivity contribution < 1.29 is 4.79 Å². The first-order valence-electron chi connectivity index (χ1n) is 5.27. The molecule has 0 fully saturated rings. The molecule has 1 amide bonds. The summed E-state index contributed by atoms with van der Waals surface area (Å²) in [5.74, 6) is 0.905. The average molecular weight is 311 g/mol. The molecule has 0 rings (SSSR count). The summed E-state index contributed by atoms with van der Waals surface area (Å²) in [6.07, 6.45) is 1.08. The standard InChI is InChI=1S/C11H22INO/c1-8(2)6-10(5)13(9(3)4)11(14)7-12/h8-10H,6-7H2,1-5H3. The van der Waals surface area contributed by atoms with E-state index in [4.69, 9.17) is 0 Å². The third kappa shape index (κ3) is 4.62. The van der Waals surface area contributed by atoms with Gasteiger partial charge in [-0.1, -0.05) is 36.4 Å². The lowest BCUT2D eigenvalue weighted by Crippen LogP contribution is -2.44. The molecular weight excluding hydrogens is 289 g/mol. The van der Waals surface area contributed by atoms with Crippen molar-refractivity contribution in [1.82, 2.24) is 4.90 Å². The molecule has 0 saturated heterocycles. The summed E-state index contributed by atoms with van der Waals surface area (Å²) >= 11 is 2.14. The third-order valence-corrected chi connectivity index (χ3v) is 2.90. The van der Waals surface area contributed by atoms with E-state index < -0.39 is 0 Å². The largest absolute Gasteiger partial charge is 0.337 e. The van der Waals surface area contributed by atoms with E-state index >= 15 is 0 Å². The molecule has 0 aliphatic heterocycles. The van der Waals surface area contributed by atoms with Gasteiger partial charge in [0.2, 0.25) is 5.91 Å². The predicted octanol–water partition coefficient (Wildman–Crippen LogP) is 3.09.